The number of nitrogens with one attached hydrogen (secondary N) is 2. The average Bonchev–Trinajstić information content (AvgIpc) is 3.70. The Hall–Kier alpha value is -4.27. The standard InChI is InChI=1S/C33H30ClN3O4S/c1-5-41-33(38)32-30(28(19(2)3)31(36-32)22-9-8-21-14-16-35-26(21)18-22)29-24-15-17-37(27(24)13-12-25(29)34)42(39,40)23-10-6-20(4)7-11-23/h6-19,35-36H,5H2,1-4H3. The second kappa shape index (κ2) is 10.5. The van der Waals surface area contributed by atoms with Crippen LogP contribution in [0.1, 0.15) is 48.3 Å². The molecule has 3 aromatic heterocycles. The Kier molecular flexibility index (Phi) is 6.99. The third-order valence-corrected chi connectivity index (χ3v) is 9.57. The van der Waals surface area contributed by atoms with Crippen LogP contribution in [0.25, 0.3) is 44.2 Å². The molecule has 3 aromatic carbocycles. The van der Waals surface area contributed by atoms with Crippen LogP contribution in [-0.4, -0.2) is 34.9 Å². The highest BCUT2D eigenvalue weighted by molar-refractivity contribution is 7.90. The van der Waals surface area contributed by atoms with Crippen LogP contribution in [0.3, 0.4) is 0 Å². The fourth-order valence-corrected chi connectivity index (χ4v) is 7.20. The molecule has 0 aliphatic carbocycles. The molecule has 0 saturated carbocycles. The average molecular weight is 600 g/mol. The molecule has 42 heavy (non-hydrogen) atoms. The molecule has 9 heteroatoms. The number of ether oxygens (including phenoxy) is 1. The van der Waals surface area contributed by atoms with Gasteiger partial charge in [-0.25, -0.2) is 17.2 Å². The van der Waals surface area contributed by atoms with Crippen molar-refractivity contribution in [2.24, 2.45) is 0 Å². The molecule has 0 aliphatic rings. The van der Waals surface area contributed by atoms with E-state index >= 15 is 0 Å². The molecule has 7 nitrogen and oxygen atoms in total. The number of hydrogen-bond donors (Lipinski definition) is 2. The molecule has 0 amide bonds. The van der Waals surface area contributed by atoms with Crippen molar-refractivity contribution in [3.05, 3.63) is 101 Å². The summed E-state index contributed by atoms with van der Waals surface area (Å²) in [4.78, 5) is 20.3. The van der Waals surface area contributed by atoms with Crippen molar-refractivity contribution in [1.29, 1.82) is 0 Å². The van der Waals surface area contributed by atoms with Gasteiger partial charge in [-0.05, 0) is 73.2 Å². The van der Waals surface area contributed by atoms with Crippen LogP contribution in [0.2, 0.25) is 5.02 Å². The molecule has 0 bridgehead atoms. The first-order chi connectivity index (χ1) is 20.1. The number of aromatic amines is 2. The summed E-state index contributed by atoms with van der Waals surface area (Å²) in [6.07, 6.45) is 3.42. The molecule has 0 aliphatic heterocycles. The zero-order valence-electron chi connectivity index (χ0n) is 23.7. The smallest absolute Gasteiger partial charge is 0.355 e. The number of fused-ring (bicyclic) bond motifs is 2. The third kappa shape index (κ3) is 4.51. The van der Waals surface area contributed by atoms with E-state index in [0.29, 0.717) is 27.1 Å². The Balaban J connectivity index is 1.64. The molecule has 214 valence electrons. The largest absolute Gasteiger partial charge is 0.461 e. The van der Waals surface area contributed by atoms with Crippen molar-refractivity contribution in [2.45, 2.75) is 38.5 Å². The molecular formula is C33H30ClN3O4S. The van der Waals surface area contributed by atoms with Gasteiger partial charge >= 0.3 is 5.97 Å². The number of hydrogen-bond acceptors (Lipinski definition) is 4. The van der Waals surface area contributed by atoms with Gasteiger partial charge in [0.15, 0.2) is 0 Å². The molecule has 3 heterocycles. The maximum Gasteiger partial charge on any atom is 0.355 e. The van der Waals surface area contributed by atoms with Crippen molar-refractivity contribution < 1.29 is 17.9 Å². The van der Waals surface area contributed by atoms with E-state index in [-0.39, 0.29) is 23.1 Å². The maximum absolute atomic E-state index is 13.7. The number of rotatable bonds is 7. The van der Waals surface area contributed by atoms with Crippen LogP contribution in [0.5, 0.6) is 0 Å². The Labute approximate surface area is 249 Å². The fraction of sp³-hybridized carbons (Fsp3) is 0.182. The van der Waals surface area contributed by atoms with Gasteiger partial charge in [-0.2, -0.15) is 0 Å². The minimum atomic E-state index is -3.89. The summed E-state index contributed by atoms with van der Waals surface area (Å²) < 4.78 is 34.2. The summed E-state index contributed by atoms with van der Waals surface area (Å²) in [5.74, 6) is -0.542. The Bertz CT molecular complexity index is 2080. The SMILES string of the molecule is CCOC(=O)c1[nH]c(-c2ccc3cc[nH]c3c2)c(C(C)C)c1-c1c(Cl)ccc2c1ccn2S(=O)(=O)c1ccc(C)cc1. The van der Waals surface area contributed by atoms with Gasteiger partial charge in [0.05, 0.1) is 22.7 Å². The lowest BCUT2D eigenvalue weighted by Crippen LogP contribution is -2.11. The van der Waals surface area contributed by atoms with Crippen LogP contribution in [0.4, 0.5) is 0 Å². The number of aryl methyl sites for hydroxylation is 1. The summed E-state index contributed by atoms with van der Waals surface area (Å²) in [6.45, 7) is 7.97. The number of esters is 1. The van der Waals surface area contributed by atoms with E-state index in [2.05, 4.69) is 23.8 Å². The van der Waals surface area contributed by atoms with E-state index in [9.17, 15) is 13.2 Å². The zero-order valence-corrected chi connectivity index (χ0v) is 25.2. The molecular weight excluding hydrogens is 570 g/mol. The Morgan fingerprint density at radius 1 is 1.00 bits per heavy atom. The minimum Gasteiger partial charge on any atom is -0.461 e. The number of carbonyl (C=O) groups is 1. The van der Waals surface area contributed by atoms with Gasteiger partial charge < -0.3 is 14.7 Å². The topological polar surface area (TPSA) is 96.9 Å². The summed E-state index contributed by atoms with van der Waals surface area (Å²) in [7, 11) is -3.89. The van der Waals surface area contributed by atoms with E-state index in [4.69, 9.17) is 16.3 Å². The quantitative estimate of drug-likeness (QED) is 0.180. The zero-order chi connectivity index (χ0) is 29.8. The lowest BCUT2D eigenvalue weighted by atomic mass is 9.89. The predicted molar refractivity (Wildman–Crippen MR) is 168 cm³/mol. The fourth-order valence-electron chi connectivity index (χ4n) is 5.59. The maximum atomic E-state index is 13.7. The number of benzene rings is 3. The first-order valence-electron chi connectivity index (χ1n) is 13.7. The third-order valence-electron chi connectivity index (χ3n) is 7.55. The van der Waals surface area contributed by atoms with Gasteiger partial charge in [-0.3, -0.25) is 0 Å². The first-order valence-corrected chi connectivity index (χ1v) is 15.6. The molecule has 0 fully saturated rings. The second-order valence-corrected chi connectivity index (χ2v) is 12.8. The molecule has 0 spiro atoms. The highest BCUT2D eigenvalue weighted by Crippen LogP contribution is 2.46. The van der Waals surface area contributed by atoms with Crippen LogP contribution >= 0.6 is 11.6 Å². The van der Waals surface area contributed by atoms with E-state index < -0.39 is 16.0 Å². The van der Waals surface area contributed by atoms with Crippen molar-refractivity contribution >= 4 is 49.4 Å². The van der Waals surface area contributed by atoms with Crippen LogP contribution < -0.4 is 0 Å². The van der Waals surface area contributed by atoms with Crippen molar-refractivity contribution in [3.8, 4) is 22.4 Å². The second-order valence-electron chi connectivity index (χ2n) is 10.6. The van der Waals surface area contributed by atoms with Crippen LogP contribution in [-0.2, 0) is 14.8 Å². The number of nitrogens with zero attached hydrogens (tertiary/aromatic N) is 1. The Morgan fingerprint density at radius 3 is 2.48 bits per heavy atom. The van der Waals surface area contributed by atoms with Gasteiger partial charge in [0.1, 0.15) is 5.69 Å². The van der Waals surface area contributed by atoms with Gasteiger partial charge in [0.25, 0.3) is 10.0 Å². The van der Waals surface area contributed by atoms with E-state index in [1.807, 2.05) is 37.4 Å². The Morgan fingerprint density at radius 2 is 1.76 bits per heavy atom. The van der Waals surface area contributed by atoms with Crippen molar-refractivity contribution in [2.75, 3.05) is 6.61 Å². The van der Waals surface area contributed by atoms with E-state index in [0.717, 1.165) is 33.3 Å². The predicted octanol–water partition coefficient (Wildman–Crippen LogP) is 8.28. The molecule has 6 rings (SSSR count). The summed E-state index contributed by atoms with van der Waals surface area (Å²) in [6, 6.07) is 19.9. The summed E-state index contributed by atoms with van der Waals surface area (Å²) >= 11 is 6.92. The molecule has 0 unspecified atom stereocenters. The molecule has 2 N–H and O–H groups in total. The van der Waals surface area contributed by atoms with Gasteiger partial charge in [0.2, 0.25) is 0 Å². The van der Waals surface area contributed by atoms with E-state index in [1.165, 1.54) is 10.2 Å². The number of carbonyl (C=O) groups excluding carboxylic acids is 1. The summed E-state index contributed by atoms with van der Waals surface area (Å²) in [5, 5.41) is 2.08. The number of aromatic nitrogens is 3. The molecule has 0 radical (unpaired) electrons. The lowest BCUT2D eigenvalue weighted by Gasteiger charge is -2.15. The highest BCUT2D eigenvalue weighted by atomic mass is 35.5. The van der Waals surface area contributed by atoms with Gasteiger partial charge in [0, 0.05) is 45.0 Å². The molecule has 6 aromatic rings. The first kappa shape index (κ1) is 27.9. The number of H-pyrrole nitrogens is 2. The molecule has 0 saturated heterocycles. The normalized spacial score (nSPS) is 12.0. The molecule has 0 atom stereocenters. The lowest BCUT2D eigenvalue weighted by molar-refractivity contribution is 0.0521. The van der Waals surface area contributed by atoms with Crippen LogP contribution in [0, 0.1) is 6.92 Å². The van der Waals surface area contributed by atoms with E-state index in [1.54, 1.807) is 49.4 Å². The van der Waals surface area contributed by atoms with Gasteiger partial charge in [-0.15, -0.1) is 0 Å². The van der Waals surface area contributed by atoms with Crippen molar-refractivity contribution in [3.63, 3.8) is 0 Å². The minimum absolute atomic E-state index is 0.0292. The van der Waals surface area contributed by atoms with Crippen molar-refractivity contribution in [1.82, 2.24) is 13.9 Å². The number of halogens is 1. The summed E-state index contributed by atoms with van der Waals surface area (Å²) in [5.41, 5.74) is 6.38. The monoisotopic (exact) mass is 599 g/mol. The van der Waals surface area contributed by atoms with Gasteiger partial charge in [-0.1, -0.05) is 55.3 Å². The van der Waals surface area contributed by atoms with Crippen LogP contribution in [0.15, 0.2) is 84.0 Å². The highest BCUT2D eigenvalue weighted by Gasteiger charge is 2.30.